The fraction of sp³-hybridized carbons (Fsp3) is 0.133. The Labute approximate surface area is 117 Å². The minimum Gasteiger partial charge on any atom is -0.326 e. The summed E-state index contributed by atoms with van der Waals surface area (Å²) in [5.74, 6) is 0.396. The number of para-hydroxylation sites is 1. The minimum absolute atomic E-state index is 0.396. The summed E-state index contributed by atoms with van der Waals surface area (Å²) in [5.41, 5.74) is 3.29. The molecule has 3 rings (SSSR count). The van der Waals surface area contributed by atoms with Gasteiger partial charge in [0.1, 0.15) is 0 Å². The molecular weight excluding hydrogens is 258 g/mol. The molecule has 2 N–H and O–H groups in total. The van der Waals surface area contributed by atoms with Crippen molar-refractivity contribution in [3.63, 3.8) is 0 Å². The van der Waals surface area contributed by atoms with Gasteiger partial charge in [0.2, 0.25) is 0 Å². The van der Waals surface area contributed by atoms with Gasteiger partial charge >= 0.3 is 0 Å². The van der Waals surface area contributed by atoms with Crippen LogP contribution < -0.4 is 10.2 Å². The van der Waals surface area contributed by atoms with E-state index in [0.717, 1.165) is 24.3 Å². The molecular formula is C15H14ClN3. The molecule has 0 saturated heterocycles. The Bertz CT molecular complexity index is 607. The smallest absolute Gasteiger partial charge is 0.200 e. The normalized spacial score (nSPS) is 13.2. The maximum absolute atomic E-state index is 8.19. The van der Waals surface area contributed by atoms with E-state index >= 15 is 0 Å². The van der Waals surface area contributed by atoms with Crippen LogP contribution in [-0.4, -0.2) is 12.5 Å². The molecule has 0 spiro atoms. The molecule has 1 heterocycles. The fourth-order valence-electron chi connectivity index (χ4n) is 2.31. The van der Waals surface area contributed by atoms with Gasteiger partial charge < -0.3 is 10.2 Å². The third-order valence-corrected chi connectivity index (χ3v) is 3.52. The maximum Gasteiger partial charge on any atom is 0.200 e. The van der Waals surface area contributed by atoms with E-state index in [1.54, 1.807) is 0 Å². The van der Waals surface area contributed by atoms with Gasteiger partial charge in [0.15, 0.2) is 5.96 Å². The summed E-state index contributed by atoms with van der Waals surface area (Å²) in [5, 5.41) is 12.0. The first kappa shape index (κ1) is 12.1. The molecule has 4 heteroatoms. The van der Waals surface area contributed by atoms with Crippen LogP contribution in [0.1, 0.15) is 5.56 Å². The fourth-order valence-corrected chi connectivity index (χ4v) is 2.43. The first-order valence-electron chi connectivity index (χ1n) is 6.20. The Kier molecular flexibility index (Phi) is 3.13. The number of guanidine groups is 1. The molecule has 0 bridgehead atoms. The van der Waals surface area contributed by atoms with Crippen LogP contribution in [0.4, 0.5) is 11.4 Å². The molecule has 0 unspecified atom stereocenters. The average molecular weight is 272 g/mol. The van der Waals surface area contributed by atoms with Gasteiger partial charge in [-0.1, -0.05) is 29.8 Å². The third-order valence-electron chi connectivity index (χ3n) is 3.26. The zero-order valence-corrected chi connectivity index (χ0v) is 11.1. The number of nitrogens with zero attached hydrogens (tertiary/aromatic N) is 1. The van der Waals surface area contributed by atoms with Crippen molar-refractivity contribution < 1.29 is 0 Å². The zero-order valence-electron chi connectivity index (χ0n) is 10.4. The number of rotatable bonds is 1. The van der Waals surface area contributed by atoms with Gasteiger partial charge in [-0.25, -0.2) is 0 Å². The molecule has 0 amide bonds. The van der Waals surface area contributed by atoms with E-state index in [1.807, 2.05) is 41.3 Å². The van der Waals surface area contributed by atoms with Crippen molar-refractivity contribution in [3.05, 3.63) is 59.1 Å². The Morgan fingerprint density at radius 3 is 2.63 bits per heavy atom. The van der Waals surface area contributed by atoms with E-state index in [4.69, 9.17) is 17.0 Å². The number of nitrogens with one attached hydrogen (secondary N) is 2. The lowest BCUT2D eigenvalue weighted by Gasteiger charge is -2.21. The van der Waals surface area contributed by atoms with Crippen molar-refractivity contribution in [1.29, 1.82) is 5.41 Å². The number of hydrogen-bond donors (Lipinski definition) is 2. The summed E-state index contributed by atoms with van der Waals surface area (Å²) in [6.07, 6.45) is 0.987. The summed E-state index contributed by atoms with van der Waals surface area (Å²) in [6, 6.07) is 15.6. The van der Waals surface area contributed by atoms with Crippen LogP contribution in [-0.2, 0) is 6.42 Å². The molecule has 1 aliphatic rings. The summed E-state index contributed by atoms with van der Waals surface area (Å²) < 4.78 is 0. The van der Waals surface area contributed by atoms with Gasteiger partial charge in [-0.05, 0) is 42.3 Å². The van der Waals surface area contributed by atoms with Gasteiger partial charge in [0.05, 0.1) is 0 Å². The molecule has 0 fully saturated rings. The molecule has 2 aromatic carbocycles. The van der Waals surface area contributed by atoms with E-state index < -0.39 is 0 Å². The zero-order chi connectivity index (χ0) is 13.2. The molecule has 0 radical (unpaired) electrons. The van der Waals surface area contributed by atoms with E-state index in [2.05, 4.69) is 17.4 Å². The number of benzene rings is 2. The van der Waals surface area contributed by atoms with Crippen LogP contribution in [0.5, 0.6) is 0 Å². The number of anilines is 2. The van der Waals surface area contributed by atoms with E-state index in [-0.39, 0.29) is 0 Å². The SMILES string of the molecule is N=C(Nc1ccc(Cl)cc1)N1CCc2ccccc21. The highest BCUT2D eigenvalue weighted by molar-refractivity contribution is 6.30. The molecule has 96 valence electrons. The highest BCUT2D eigenvalue weighted by atomic mass is 35.5. The topological polar surface area (TPSA) is 39.1 Å². The molecule has 2 aromatic rings. The van der Waals surface area contributed by atoms with Crippen LogP contribution in [0.15, 0.2) is 48.5 Å². The Morgan fingerprint density at radius 1 is 1.11 bits per heavy atom. The second-order valence-electron chi connectivity index (χ2n) is 4.51. The predicted octanol–water partition coefficient (Wildman–Crippen LogP) is 3.75. The monoisotopic (exact) mass is 271 g/mol. The molecule has 0 atom stereocenters. The van der Waals surface area contributed by atoms with Crippen molar-refractivity contribution in [3.8, 4) is 0 Å². The van der Waals surface area contributed by atoms with Crippen LogP contribution >= 0.6 is 11.6 Å². The first-order chi connectivity index (χ1) is 9.24. The summed E-state index contributed by atoms with van der Waals surface area (Å²) in [6.45, 7) is 0.846. The second-order valence-corrected chi connectivity index (χ2v) is 4.95. The summed E-state index contributed by atoms with van der Waals surface area (Å²) in [7, 11) is 0. The minimum atomic E-state index is 0.396. The predicted molar refractivity (Wildman–Crippen MR) is 80.3 cm³/mol. The van der Waals surface area contributed by atoms with Crippen molar-refractivity contribution in [2.45, 2.75) is 6.42 Å². The van der Waals surface area contributed by atoms with Gasteiger partial charge in [0, 0.05) is 22.9 Å². The lowest BCUT2D eigenvalue weighted by molar-refractivity contribution is 1.01. The van der Waals surface area contributed by atoms with Gasteiger partial charge in [-0.3, -0.25) is 5.41 Å². The molecule has 0 saturated carbocycles. The lowest BCUT2D eigenvalue weighted by atomic mass is 10.2. The standard InChI is InChI=1S/C15H14ClN3/c16-12-5-7-13(8-6-12)18-15(17)19-10-9-11-3-1-2-4-14(11)19/h1-8H,9-10H2,(H2,17,18). The van der Waals surface area contributed by atoms with Crippen molar-refractivity contribution >= 4 is 28.9 Å². The number of halogens is 1. The molecule has 19 heavy (non-hydrogen) atoms. The van der Waals surface area contributed by atoms with Gasteiger partial charge in [-0.2, -0.15) is 0 Å². The van der Waals surface area contributed by atoms with E-state index in [9.17, 15) is 0 Å². The van der Waals surface area contributed by atoms with Crippen LogP contribution in [0.3, 0.4) is 0 Å². The Morgan fingerprint density at radius 2 is 1.84 bits per heavy atom. The summed E-state index contributed by atoms with van der Waals surface area (Å²) in [4.78, 5) is 1.99. The molecule has 1 aliphatic heterocycles. The van der Waals surface area contributed by atoms with Gasteiger partial charge in [-0.15, -0.1) is 0 Å². The highest BCUT2D eigenvalue weighted by Crippen LogP contribution is 2.27. The largest absolute Gasteiger partial charge is 0.326 e. The lowest BCUT2D eigenvalue weighted by Crippen LogP contribution is -2.34. The quantitative estimate of drug-likeness (QED) is 0.612. The van der Waals surface area contributed by atoms with Crippen molar-refractivity contribution in [2.75, 3.05) is 16.8 Å². The Balaban J connectivity index is 1.77. The average Bonchev–Trinajstić information content (AvgIpc) is 2.85. The third kappa shape index (κ3) is 2.42. The number of fused-ring (bicyclic) bond motifs is 1. The second kappa shape index (κ2) is 4.94. The summed E-state index contributed by atoms with van der Waals surface area (Å²) >= 11 is 5.85. The molecule has 3 nitrogen and oxygen atoms in total. The molecule has 0 aliphatic carbocycles. The van der Waals surface area contributed by atoms with Crippen molar-refractivity contribution in [2.24, 2.45) is 0 Å². The van der Waals surface area contributed by atoms with Crippen LogP contribution in [0.2, 0.25) is 5.02 Å². The molecule has 0 aromatic heterocycles. The number of hydrogen-bond acceptors (Lipinski definition) is 1. The van der Waals surface area contributed by atoms with Crippen molar-refractivity contribution in [1.82, 2.24) is 0 Å². The Hall–Kier alpha value is -2.00. The van der Waals surface area contributed by atoms with E-state index in [1.165, 1.54) is 5.56 Å². The first-order valence-corrected chi connectivity index (χ1v) is 6.58. The van der Waals surface area contributed by atoms with Gasteiger partial charge in [0.25, 0.3) is 0 Å². The van der Waals surface area contributed by atoms with Crippen LogP contribution in [0.25, 0.3) is 0 Å². The highest BCUT2D eigenvalue weighted by Gasteiger charge is 2.21. The maximum atomic E-state index is 8.19. The van der Waals surface area contributed by atoms with Crippen LogP contribution in [0, 0.1) is 5.41 Å². The van der Waals surface area contributed by atoms with E-state index in [0.29, 0.717) is 11.0 Å².